The molecule has 3 aromatic rings. The molecule has 118 valence electrons. The molecule has 1 saturated heterocycles. The first-order valence-electron chi connectivity index (χ1n) is 7.29. The van der Waals surface area contributed by atoms with Crippen LogP contribution in [0.15, 0.2) is 35.1 Å². The van der Waals surface area contributed by atoms with Crippen LogP contribution in [0.3, 0.4) is 0 Å². The van der Waals surface area contributed by atoms with Crippen LogP contribution in [-0.4, -0.2) is 43.9 Å². The molecule has 23 heavy (non-hydrogen) atoms. The summed E-state index contributed by atoms with van der Waals surface area (Å²) in [6, 6.07) is 6.51. The Morgan fingerprint density at radius 3 is 3.00 bits per heavy atom. The van der Waals surface area contributed by atoms with Gasteiger partial charge in [0.05, 0.1) is 12.2 Å². The SMILES string of the molecule is NC(=O)c1cn(C2CN(Cc3c[nH]c4cc(Br)ccc34)C2)nn1. The number of fused-ring (bicyclic) bond motifs is 1. The molecule has 0 unspecified atom stereocenters. The molecule has 1 aliphatic rings. The monoisotopic (exact) mass is 374 g/mol. The third-order valence-corrected chi connectivity index (χ3v) is 4.69. The molecule has 0 aliphatic carbocycles. The van der Waals surface area contributed by atoms with Crippen LogP contribution in [0.4, 0.5) is 0 Å². The highest BCUT2D eigenvalue weighted by Gasteiger charge is 2.29. The van der Waals surface area contributed by atoms with Crippen molar-refractivity contribution in [3.05, 3.63) is 46.3 Å². The summed E-state index contributed by atoms with van der Waals surface area (Å²) in [5, 5.41) is 9.00. The summed E-state index contributed by atoms with van der Waals surface area (Å²) in [5.41, 5.74) is 7.82. The molecule has 1 fully saturated rings. The standard InChI is InChI=1S/C15H15BrN6O/c16-10-1-2-12-9(4-18-13(12)3-10)5-21-6-11(7-21)22-8-14(15(17)23)19-20-22/h1-4,8,11,18H,5-7H2,(H2,17,23). The summed E-state index contributed by atoms with van der Waals surface area (Å²) in [4.78, 5) is 16.7. The lowest BCUT2D eigenvalue weighted by Crippen LogP contribution is -2.47. The molecule has 0 saturated carbocycles. The van der Waals surface area contributed by atoms with Crippen molar-refractivity contribution < 1.29 is 4.79 Å². The van der Waals surface area contributed by atoms with Crippen LogP contribution in [0.25, 0.3) is 10.9 Å². The molecule has 1 aliphatic heterocycles. The summed E-state index contributed by atoms with van der Waals surface area (Å²) in [7, 11) is 0. The number of benzene rings is 1. The normalized spacial score (nSPS) is 15.9. The minimum Gasteiger partial charge on any atom is -0.364 e. The van der Waals surface area contributed by atoms with Crippen molar-refractivity contribution in [1.82, 2.24) is 24.9 Å². The highest BCUT2D eigenvalue weighted by atomic mass is 79.9. The van der Waals surface area contributed by atoms with Crippen molar-refractivity contribution in [1.29, 1.82) is 0 Å². The highest BCUT2D eigenvalue weighted by molar-refractivity contribution is 9.10. The van der Waals surface area contributed by atoms with Crippen molar-refractivity contribution in [2.45, 2.75) is 12.6 Å². The number of halogens is 1. The molecular weight excluding hydrogens is 360 g/mol. The minimum atomic E-state index is -0.544. The van der Waals surface area contributed by atoms with Gasteiger partial charge in [-0.1, -0.05) is 27.2 Å². The Hall–Kier alpha value is -2.19. The second kappa shape index (κ2) is 5.47. The fourth-order valence-electron chi connectivity index (χ4n) is 2.94. The van der Waals surface area contributed by atoms with Gasteiger partial charge in [-0.3, -0.25) is 9.69 Å². The average molecular weight is 375 g/mol. The second-order valence-electron chi connectivity index (χ2n) is 5.80. The Labute approximate surface area is 140 Å². The summed E-state index contributed by atoms with van der Waals surface area (Å²) in [6.45, 7) is 2.64. The van der Waals surface area contributed by atoms with Gasteiger partial charge >= 0.3 is 0 Å². The number of likely N-dealkylation sites (tertiary alicyclic amines) is 1. The van der Waals surface area contributed by atoms with Gasteiger partial charge in [-0.25, -0.2) is 4.68 Å². The first kappa shape index (κ1) is 14.4. The van der Waals surface area contributed by atoms with E-state index in [0.29, 0.717) is 0 Å². The van der Waals surface area contributed by atoms with Crippen molar-refractivity contribution in [2.24, 2.45) is 5.73 Å². The summed E-state index contributed by atoms with van der Waals surface area (Å²) < 4.78 is 2.79. The fourth-order valence-corrected chi connectivity index (χ4v) is 3.30. The number of H-pyrrole nitrogens is 1. The van der Waals surface area contributed by atoms with E-state index in [0.717, 1.165) is 29.6 Å². The van der Waals surface area contributed by atoms with Gasteiger partial charge in [-0.2, -0.15) is 0 Å². The Bertz CT molecular complexity index is 879. The number of rotatable bonds is 4. The van der Waals surface area contributed by atoms with Crippen LogP contribution < -0.4 is 5.73 Å². The van der Waals surface area contributed by atoms with E-state index >= 15 is 0 Å². The Kier molecular flexibility index (Phi) is 3.42. The van der Waals surface area contributed by atoms with Crippen LogP contribution in [0.1, 0.15) is 22.1 Å². The zero-order chi connectivity index (χ0) is 16.0. The van der Waals surface area contributed by atoms with Gasteiger partial charge in [0.2, 0.25) is 0 Å². The Morgan fingerprint density at radius 2 is 2.26 bits per heavy atom. The topological polar surface area (TPSA) is 92.8 Å². The number of primary amides is 1. The average Bonchev–Trinajstić information content (AvgIpc) is 3.09. The van der Waals surface area contributed by atoms with E-state index in [1.807, 2.05) is 0 Å². The molecule has 0 bridgehead atoms. The zero-order valence-corrected chi connectivity index (χ0v) is 13.8. The van der Waals surface area contributed by atoms with Crippen LogP contribution >= 0.6 is 15.9 Å². The number of nitrogens with two attached hydrogens (primary N) is 1. The molecule has 3 heterocycles. The number of nitrogens with zero attached hydrogens (tertiary/aromatic N) is 4. The van der Waals surface area contributed by atoms with Crippen molar-refractivity contribution in [2.75, 3.05) is 13.1 Å². The van der Waals surface area contributed by atoms with E-state index in [9.17, 15) is 4.79 Å². The Balaban J connectivity index is 1.42. The van der Waals surface area contributed by atoms with E-state index in [2.05, 4.69) is 60.5 Å². The lowest BCUT2D eigenvalue weighted by atomic mass is 10.1. The van der Waals surface area contributed by atoms with Crippen molar-refractivity contribution in [3.8, 4) is 0 Å². The number of carbonyl (C=O) groups excluding carboxylic acids is 1. The lowest BCUT2D eigenvalue weighted by molar-refractivity contribution is 0.0900. The molecule has 8 heteroatoms. The molecule has 4 rings (SSSR count). The van der Waals surface area contributed by atoms with Gasteiger partial charge in [0, 0.05) is 41.2 Å². The van der Waals surface area contributed by atoms with Crippen molar-refractivity contribution >= 4 is 32.7 Å². The van der Waals surface area contributed by atoms with E-state index in [-0.39, 0.29) is 11.7 Å². The number of nitrogens with one attached hydrogen (secondary N) is 1. The molecular formula is C15H15BrN6O. The Morgan fingerprint density at radius 1 is 1.43 bits per heavy atom. The third-order valence-electron chi connectivity index (χ3n) is 4.20. The molecule has 0 atom stereocenters. The van der Waals surface area contributed by atoms with Crippen LogP contribution in [0.2, 0.25) is 0 Å². The van der Waals surface area contributed by atoms with Gasteiger partial charge in [-0.15, -0.1) is 5.10 Å². The number of hydrogen-bond donors (Lipinski definition) is 2. The molecule has 7 nitrogen and oxygen atoms in total. The molecule has 0 spiro atoms. The predicted molar refractivity (Wildman–Crippen MR) is 88.9 cm³/mol. The van der Waals surface area contributed by atoms with Crippen molar-refractivity contribution in [3.63, 3.8) is 0 Å². The summed E-state index contributed by atoms with van der Waals surface area (Å²) in [6.07, 6.45) is 3.68. The third kappa shape index (κ3) is 2.64. The van der Waals surface area contributed by atoms with E-state index < -0.39 is 5.91 Å². The van der Waals surface area contributed by atoms with Gasteiger partial charge in [-0.05, 0) is 17.7 Å². The van der Waals surface area contributed by atoms with Gasteiger partial charge in [0.1, 0.15) is 0 Å². The fraction of sp³-hybridized carbons (Fsp3) is 0.267. The minimum absolute atomic E-state index is 0.214. The number of aromatic nitrogens is 4. The van der Waals surface area contributed by atoms with Crippen LogP contribution in [0, 0.1) is 0 Å². The van der Waals surface area contributed by atoms with Gasteiger partial charge in [0.15, 0.2) is 5.69 Å². The van der Waals surface area contributed by atoms with E-state index in [1.54, 1.807) is 10.9 Å². The number of aromatic amines is 1. The predicted octanol–water partition coefficient (Wildman–Crippen LogP) is 1.68. The maximum atomic E-state index is 11.1. The highest BCUT2D eigenvalue weighted by Crippen LogP contribution is 2.27. The molecule has 1 aromatic carbocycles. The van der Waals surface area contributed by atoms with E-state index in [4.69, 9.17) is 5.73 Å². The molecule has 0 radical (unpaired) electrons. The first-order chi connectivity index (χ1) is 11.1. The molecule has 1 amide bonds. The summed E-state index contributed by atoms with van der Waals surface area (Å²) >= 11 is 3.48. The zero-order valence-electron chi connectivity index (χ0n) is 12.2. The summed E-state index contributed by atoms with van der Waals surface area (Å²) in [5.74, 6) is -0.544. The van der Waals surface area contributed by atoms with Crippen LogP contribution in [-0.2, 0) is 6.54 Å². The first-order valence-corrected chi connectivity index (χ1v) is 8.09. The maximum absolute atomic E-state index is 11.1. The largest absolute Gasteiger partial charge is 0.364 e. The van der Waals surface area contributed by atoms with E-state index in [1.165, 1.54) is 10.9 Å². The van der Waals surface area contributed by atoms with Gasteiger partial charge in [0.25, 0.3) is 5.91 Å². The number of amides is 1. The molecule has 3 N–H and O–H groups in total. The van der Waals surface area contributed by atoms with Gasteiger partial charge < -0.3 is 10.7 Å². The second-order valence-corrected chi connectivity index (χ2v) is 6.72. The lowest BCUT2D eigenvalue weighted by Gasteiger charge is -2.38. The quantitative estimate of drug-likeness (QED) is 0.726. The maximum Gasteiger partial charge on any atom is 0.270 e. The molecule has 2 aromatic heterocycles. The number of hydrogen-bond acceptors (Lipinski definition) is 4. The van der Waals surface area contributed by atoms with Crippen LogP contribution in [0.5, 0.6) is 0 Å². The smallest absolute Gasteiger partial charge is 0.270 e. The number of carbonyl (C=O) groups is 1.